The highest BCUT2D eigenvalue weighted by molar-refractivity contribution is 5.95. The van der Waals surface area contributed by atoms with Crippen LogP contribution in [0.25, 0.3) is 23.0 Å². The van der Waals surface area contributed by atoms with Crippen LogP contribution in [0, 0.1) is 5.82 Å². The van der Waals surface area contributed by atoms with Crippen molar-refractivity contribution in [1.29, 1.82) is 0 Å². The minimum atomic E-state index is -0.247. The molecule has 26 heavy (non-hydrogen) atoms. The van der Waals surface area contributed by atoms with Crippen molar-refractivity contribution in [2.24, 2.45) is 0 Å². The zero-order chi connectivity index (χ0) is 18.5. The number of anilines is 1. The third-order valence-electron chi connectivity index (χ3n) is 5.36. The summed E-state index contributed by atoms with van der Waals surface area (Å²) in [5.74, 6) is 1.33. The molecule has 2 aliphatic rings. The molecule has 0 aliphatic carbocycles. The van der Waals surface area contributed by atoms with Crippen molar-refractivity contribution < 1.29 is 9.13 Å². The monoisotopic (exact) mass is 349 g/mol. The average molecular weight is 349 g/mol. The largest absolute Gasteiger partial charge is 0.456 e. The first-order chi connectivity index (χ1) is 12.4. The van der Waals surface area contributed by atoms with Crippen LogP contribution in [0.5, 0.6) is 5.75 Å². The number of fused-ring (bicyclic) bond motifs is 5. The maximum absolute atomic E-state index is 13.9. The van der Waals surface area contributed by atoms with Gasteiger partial charge in [-0.1, -0.05) is 25.5 Å². The van der Waals surface area contributed by atoms with Gasteiger partial charge in [0.2, 0.25) is 0 Å². The lowest BCUT2D eigenvalue weighted by Gasteiger charge is -2.36. The van der Waals surface area contributed by atoms with Crippen LogP contribution in [0.15, 0.2) is 42.0 Å². The minimum Gasteiger partial charge on any atom is -0.456 e. The molecular formula is C23H24FNO. The molecule has 2 aromatic rings. The highest BCUT2D eigenvalue weighted by atomic mass is 19.1. The summed E-state index contributed by atoms with van der Waals surface area (Å²) in [5, 5.41) is 3.62. The molecule has 2 aromatic carbocycles. The van der Waals surface area contributed by atoms with Gasteiger partial charge in [0, 0.05) is 22.4 Å². The molecule has 0 unspecified atom stereocenters. The second-order valence-corrected chi connectivity index (χ2v) is 7.63. The normalized spacial score (nSPS) is 18.2. The Bertz CT molecular complexity index is 953. The van der Waals surface area contributed by atoms with Crippen LogP contribution in [-0.2, 0) is 0 Å². The Morgan fingerprint density at radius 3 is 2.73 bits per heavy atom. The topological polar surface area (TPSA) is 21.3 Å². The molecule has 2 nitrogen and oxygen atoms in total. The maximum atomic E-state index is 13.9. The van der Waals surface area contributed by atoms with E-state index in [1.165, 1.54) is 11.6 Å². The molecule has 0 atom stereocenters. The first kappa shape index (κ1) is 16.9. The third-order valence-corrected chi connectivity index (χ3v) is 5.36. The third kappa shape index (κ3) is 2.63. The molecule has 2 heterocycles. The fourth-order valence-corrected chi connectivity index (χ4v) is 3.59. The first-order valence-electron chi connectivity index (χ1n) is 9.23. The quantitative estimate of drug-likeness (QED) is 0.656. The molecule has 0 bridgehead atoms. The molecular weight excluding hydrogens is 325 g/mol. The van der Waals surface area contributed by atoms with Gasteiger partial charge in [0.15, 0.2) is 0 Å². The van der Waals surface area contributed by atoms with E-state index in [9.17, 15) is 4.39 Å². The number of nitrogens with one attached hydrogen (secondary N) is 1. The van der Waals surface area contributed by atoms with Gasteiger partial charge in [0.05, 0.1) is 5.54 Å². The van der Waals surface area contributed by atoms with Crippen molar-refractivity contribution in [1.82, 2.24) is 0 Å². The Kier molecular flexibility index (Phi) is 3.91. The molecule has 0 amide bonds. The Hall–Kier alpha value is -2.55. The summed E-state index contributed by atoms with van der Waals surface area (Å²) in [4.78, 5) is 0. The van der Waals surface area contributed by atoms with Crippen molar-refractivity contribution >= 4 is 17.5 Å². The zero-order valence-corrected chi connectivity index (χ0v) is 15.7. The fourth-order valence-electron chi connectivity index (χ4n) is 3.59. The van der Waals surface area contributed by atoms with E-state index in [2.05, 4.69) is 57.3 Å². The summed E-state index contributed by atoms with van der Waals surface area (Å²) in [5.41, 5.74) is 6.27. The van der Waals surface area contributed by atoms with Crippen molar-refractivity contribution in [3.63, 3.8) is 0 Å². The molecule has 0 radical (unpaired) electrons. The molecule has 0 saturated heterocycles. The van der Waals surface area contributed by atoms with Crippen LogP contribution in [0.4, 0.5) is 10.1 Å². The van der Waals surface area contributed by atoms with E-state index < -0.39 is 0 Å². The number of benzene rings is 2. The van der Waals surface area contributed by atoms with E-state index in [4.69, 9.17) is 4.74 Å². The van der Waals surface area contributed by atoms with Crippen molar-refractivity contribution in [3.05, 3.63) is 58.9 Å². The standard InChI is InChI=1S/C23H24FNO/c1-5-6-7-21-22-16(17-13-15(24)8-11-20(17)26-21)9-10-19-18(22)12-14(2)23(3,4)25-19/h7-13,25H,5-6H2,1-4H3/b21-7-. The lowest BCUT2D eigenvalue weighted by molar-refractivity contribution is 0.506. The Balaban J connectivity index is 2.00. The number of rotatable bonds is 2. The van der Waals surface area contributed by atoms with Gasteiger partial charge >= 0.3 is 0 Å². The lowest BCUT2D eigenvalue weighted by atomic mass is 9.83. The number of hydrogen-bond donors (Lipinski definition) is 1. The molecule has 2 aliphatic heterocycles. The van der Waals surface area contributed by atoms with Crippen LogP contribution >= 0.6 is 0 Å². The summed E-state index contributed by atoms with van der Waals surface area (Å²) >= 11 is 0. The number of allylic oxidation sites excluding steroid dienone is 1. The number of ether oxygens (including phenoxy) is 1. The molecule has 3 heteroatoms. The van der Waals surface area contributed by atoms with E-state index in [1.807, 2.05) is 0 Å². The van der Waals surface area contributed by atoms with Crippen LogP contribution < -0.4 is 10.1 Å². The van der Waals surface area contributed by atoms with Crippen LogP contribution in [-0.4, -0.2) is 5.54 Å². The zero-order valence-electron chi connectivity index (χ0n) is 15.7. The van der Waals surface area contributed by atoms with Crippen LogP contribution in [0.3, 0.4) is 0 Å². The van der Waals surface area contributed by atoms with Crippen molar-refractivity contribution in [3.8, 4) is 16.9 Å². The molecule has 1 N–H and O–H groups in total. The van der Waals surface area contributed by atoms with Gasteiger partial charge in [-0.05, 0) is 68.7 Å². The van der Waals surface area contributed by atoms with Gasteiger partial charge in [-0.2, -0.15) is 0 Å². The van der Waals surface area contributed by atoms with E-state index in [0.29, 0.717) is 5.75 Å². The van der Waals surface area contributed by atoms with E-state index in [-0.39, 0.29) is 11.4 Å². The van der Waals surface area contributed by atoms with Gasteiger partial charge in [0.1, 0.15) is 17.3 Å². The molecule has 0 saturated carbocycles. The second-order valence-electron chi connectivity index (χ2n) is 7.63. The summed E-state index contributed by atoms with van der Waals surface area (Å²) in [7, 11) is 0. The maximum Gasteiger partial charge on any atom is 0.135 e. The lowest BCUT2D eigenvalue weighted by Crippen LogP contribution is -2.35. The van der Waals surface area contributed by atoms with Crippen molar-refractivity contribution in [2.75, 3.05) is 5.32 Å². The summed E-state index contributed by atoms with van der Waals surface area (Å²) < 4.78 is 20.1. The van der Waals surface area contributed by atoms with Gasteiger partial charge in [0.25, 0.3) is 0 Å². The van der Waals surface area contributed by atoms with Gasteiger partial charge in [-0.15, -0.1) is 0 Å². The SMILES string of the molecule is CCC/C=C1\Oc2ccc(F)cc2-c2ccc3c(c21)C=C(C)C(C)(C)N3. The number of halogens is 1. The predicted molar refractivity (Wildman–Crippen MR) is 107 cm³/mol. The fraction of sp³-hybridized carbons (Fsp3) is 0.304. The van der Waals surface area contributed by atoms with Gasteiger partial charge in [-0.3, -0.25) is 0 Å². The van der Waals surface area contributed by atoms with Crippen LogP contribution in [0.1, 0.15) is 51.7 Å². The van der Waals surface area contributed by atoms with E-state index in [1.54, 1.807) is 12.1 Å². The molecule has 4 rings (SSSR count). The van der Waals surface area contributed by atoms with E-state index >= 15 is 0 Å². The highest BCUT2D eigenvalue weighted by Gasteiger charge is 2.31. The summed E-state index contributed by atoms with van der Waals surface area (Å²) in [6, 6.07) is 8.90. The van der Waals surface area contributed by atoms with Gasteiger partial charge < -0.3 is 10.1 Å². The predicted octanol–water partition coefficient (Wildman–Crippen LogP) is 6.63. The number of hydrogen-bond acceptors (Lipinski definition) is 2. The van der Waals surface area contributed by atoms with E-state index in [0.717, 1.165) is 46.5 Å². The average Bonchev–Trinajstić information content (AvgIpc) is 2.60. The summed E-state index contributed by atoms with van der Waals surface area (Å²) in [6.07, 6.45) is 6.37. The summed E-state index contributed by atoms with van der Waals surface area (Å²) in [6.45, 7) is 8.65. The Morgan fingerprint density at radius 1 is 1.15 bits per heavy atom. The Morgan fingerprint density at radius 2 is 1.96 bits per heavy atom. The second kappa shape index (κ2) is 6.01. The van der Waals surface area contributed by atoms with Crippen molar-refractivity contribution in [2.45, 2.75) is 46.1 Å². The number of unbranched alkanes of at least 4 members (excludes halogenated alkanes) is 1. The molecule has 0 fully saturated rings. The highest BCUT2D eigenvalue weighted by Crippen LogP contribution is 2.48. The smallest absolute Gasteiger partial charge is 0.135 e. The molecule has 0 aromatic heterocycles. The van der Waals surface area contributed by atoms with Gasteiger partial charge in [-0.25, -0.2) is 4.39 Å². The molecule has 134 valence electrons. The molecule has 0 spiro atoms. The minimum absolute atomic E-state index is 0.0892. The van der Waals surface area contributed by atoms with Crippen LogP contribution in [0.2, 0.25) is 0 Å². The Labute approximate surface area is 154 Å². The first-order valence-corrected chi connectivity index (χ1v) is 9.23.